The molecule has 0 spiro atoms. The Kier molecular flexibility index (Phi) is 4.73. The molecule has 0 saturated heterocycles. The topological polar surface area (TPSA) is 4.93 Å². The number of hydrogen-bond acceptors (Lipinski definition) is 0. The molecule has 1 heteroatoms. The van der Waals surface area contributed by atoms with Gasteiger partial charge in [0.05, 0.1) is 11.0 Å². The van der Waals surface area contributed by atoms with E-state index in [1.165, 1.54) is 82.4 Å². The van der Waals surface area contributed by atoms with Crippen LogP contribution in [0.5, 0.6) is 0 Å². The summed E-state index contributed by atoms with van der Waals surface area (Å²) in [4.78, 5) is 0. The van der Waals surface area contributed by atoms with Crippen LogP contribution in [0.25, 0.3) is 71.3 Å². The van der Waals surface area contributed by atoms with E-state index >= 15 is 0 Å². The van der Waals surface area contributed by atoms with E-state index in [4.69, 9.17) is 0 Å². The predicted molar refractivity (Wildman–Crippen MR) is 179 cm³/mol. The van der Waals surface area contributed by atoms with Crippen LogP contribution in [-0.2, 0) is 5.41 Å². The van der Waals surface area contributed by atoms with Crippen LogP contribution in [0.15, 0.2) is 140 Å². The fourth-order valence-corrected chi connectivity index (χ4v) is 7.70. The van der Waals surface area contributed by atoms with Gasteiger partial charge in [-0.1, -0.05) is 135 Å². The second-order valence-electron chi connectivity index (χ2n) is 12.1. The number of fused-ring (bicyclic) bond motifs is 11. The van der Waals surface area contributed by atoms with Crippen molar-refractivity contribution in [2.75, 3.05) is 0 Å². The van der Waals surface area contributed by atoms with E-state index in [2.05, 4.69) is 158 Å². The molecular formula is C41H29N. The average Bonchev–Trinajstić information content (AvgIpc) is 3.51. The first-order valence-corrected chi connectivity index (χ1v) is 14.8. The Bertz CT molecular complexity index is 2380. The number of benzene rings is 7. The van der Waals surface area contributed by atoms with E-state index in [1.54, 1.807) is 0 Å². The Morgan fingerprint density at radius 3 is 1.90 bits per heavy atom. The smallest absolute Gasteiger partial charge is 0.0625 e. The molecule has 0 N–H and O–H groups in total. The Labute approximate surface area is 245 Å². The molecule has 0 saturated carbocycles. The van der Waals surface area contributed by atoms with E-state index < -0.39 is 0 Å². The maximum absolute atomic E-state index is 2.49. The molecule has 0 unspecified atom stereocenters. The molecule has 42 heavy (non-hydrogen) atoms. The van der Waals surface area contributed by atoms with Gasteiger partial charge in [0.15, 0.2) is 0 Å². The fourth-order valence-electron chi connectivity index (χ4n) is 7.70. The van der Waals surface area contributed by atoms with Crippen LogP contribution in [-0.4, -0.2) is 4.57 Å². The Morgan fingerprint density at radius 1 is 0.476 bits per heavy atom. The van der Waals surface area contributed by atoms with Gasteiger partial charge in [0.2, 0.25) is 0 Å². The van der Waals surface area contributed by atoms with Crippen molar-refractivity contribution < 1.29 is 0 Å². The maximum Gasteiger partial charge on any atom is 0.0625 e. The number of hydrogen-bond donors (Lipinski definition) is 0. The van der Waals surface area contributed by atoms with Crippen molar-refractivity contribution in [1.29, 1.82) is 0 Å². The third kappa shape index (κ3) is 3.03. The van der Waals surface area contributed by atoms with Crippen molar-refractivity contribution in [3.05, 3.63) is 151 Å². The van der Waals surface area contributed by atoms with E-state index in [9.17, 15) is 0 Å². The van der Waals surface area contributed by atoms with Gasteiger partial charge in [-0.3, -0.25) is 0 Å². The van der Waals surface area contributed by atoms with Gasteiger partial charge in [0, 0.05) is 27.3 Å². The monoisotopic (exact) mass is 535 g/mol. The van der Waals surface area contributed by atoms with Crippen LogP contribution in [0.3, 0.4) is 0 Å². The molecule has 1 aliphatic carbocycles. The highest BCUT2D eigenvalue weighted by Gasteiger charge is 2.36. The molecule has 1 aromatic heterocycles. The van der Waals surface area contributed by atoms with E-state index in [1.807, 2.05) is 0 Å². The van der Waals surface area contributed by atoms with Crippen molar-refractivity contribution >= 4 is 43.4 Å². The van der Waals surface area contributed by atoms with Crippen LogP contribution in [0.2, 0.25) is 0 Å². The lowest BCUT2D eigenvalue weighted by Crippen LogP contribution is -2.14. The highest BCUT2D eigenvalue weighted by molar-refractivity contribution is 6.32. The SMILES string of the molecule is CC1(C)c2ccccc2-c2c(-c3cccc(-n4c5ccccc5c5c6ccccc6c6ccccc6c54)c3)cccc21. The lowest BCUT2D eigenvalue weighted by Gasteiger charge is -2.21. The van der Waals surface area contributed by atoms with E-state index in [0.29, 0.717) is 0 Å². The summed E-state index contributed by atoms with van der Waals surface area (Å²) in [6, 6.07) is 51.5. The summed E-state index contributed by atoms with van der Waals surface area (Å²) in [5, 5.41) is 7.79. The van der Waals surface area contributed by atoms with Crippen molar-refractivity contribution in [2.45, 2.75) is 19.3 Å². The third-order valence-electron chi connectivity index (χ3n) is 9.57. The molecule has 1 aliphatic rings. The number of rotatable bonds is 2. The largest absolute Gasteiger partial charge is 0.309 e. The molecule has 0 fully saturated rings. The number of aromatic nitrogens is 1. The van der Waals surface area contributed by atoms with Crippen molar-refractivity contribution in [2.24, 2.45) is 0 Å². The molecule has 7 aromatic carbocycles. The highest BCUT2D eigenvalue weighted by atomic mass is 15.0. The minimum absolute atomic E-state index is 0.0215. The van der Waals surface area contributed by atoms with Crippen LogP contribution in [0.4, 0.5) is 0 Å². The summed E-state index contributed by atoms with van der Waals surface area (Å²) >= 11 is 0. The average molecular weight is 536 g/mol. The molecule has 1 heterocycles. The predicted octanol–water partition coefficient (Wildman–Crippen LogP) is 11.1. The zero-order valence-corrected chi connectivity index (χ0v) is 23.7. The molecule has 0 atom stereocenters. The Morgan fingerprint density at radius 2 is 1.07 bits per heavy atom. The molecule has 1 nitrogen and oxygen atoms in total. The second kappa shape index (κ2) is 8.44. The van der Waals surface area contributed by atoms with Gasteiger partial charge < -0.3 is 4.57 Å². The fraction of sp³-hybridized carbons (Fsp3) is 0.0732. The second-order valence-corrected chi connectivity index (χ2v) is 12.1. The summed E-state index contributed by atoms with van der Waals surface area (Å²) in [5.74, 6) is 0. The van der Waals surface area contributed by atoms with Crippen LogP contribution in [0.1, 0.15) is 25.0 Å². The van der Waals surface area contributed by atoms with Gasteiger partial charge in [-0.15, -0.1) is 0 Å². The number of para-hydroxylation sites is 1. The first-order chi connectivity index (χ1) is 20.6. The maximum atomic E-state index is 2.49. The molecule has 0 aliphatic heterocycles. The van der Waals surface area contributed by atoms with Gasteiger partial charge >= 0.3 is 0 Å². The molecule has 0 radical (unpaired) electrons. The quantitative estimate of drug-likeness (QED) is 0.194. The summed E-state index contributed by atoms with van der Waals surface area (Å²) in [6.45, 7) is 4.71. The normalized spacial score (nSPS) is 13.7. The summed E-state index contributed by atoms with van der Waals surface area (Å²) in [7, 11) is 0. The molecule has 9 rings (SSSR count). The summed E-state index contributed by atoms with van der Waals surface area (Å²) < 4.78 is 2.49. The van der Waals surface area contributed by atoms with Gasteiger partial charge in [0.25, 0.3) is 0 Å². The summed E-state index contributed by atoms with van der Waals surface area (Å²) in [5.41, 5.74) is 11.7. The minimum atomic E-state index is -0.0215. The first-order valence-electron chi connectivity index (χ1n) is 14.8. The van der Waals surface area contributed by atoms with Crippen LogP contribution >= 0.6 is 0 Å². The first kappa shape index (κ1) is 23.6. The van der Waals surface area contributed by atoms with E-state index in [0.717, 1.165) is 0 Å². The van der Waals surface area contributed by atoms with Crippen LogP contribution in [0, 0.1) is 0 Å². The molecule has 198 valence electrons. The van der Waals surface area contributed by atoms with Gasteiger partial charge in [-0.2, -0.15) is 0 Å². The lowest BCUT2D eigenvalue weighted by atomic mass is 9.82. The number of nitrogens with zero attached hydrogens (tertiary/aromatic N) is 1. The van der Waals surface area contributed by atoms with Crippen molar-refractivity contribution in [3.63, 3.8) is 0 Å². The zero-order valence-electron chi connectivity index (χ0n) is 23.7. The standard InChI is InChI=1S/C41H29N/c1-41(2)35-22-9-7-19-33(35)38-28(21-12-23-36(38)41)26-13-11-14-27(25-26)42-37-24-10-8-20-34(37)39-31-17-5-3-15-29(31)30-16-4-6-18-32(30)40(39)42/h3-25H,1-2H3. The molecule has 8 aromatic rings. The van der Waals surface area contributed by atoms with Gasteiger partial charge in [-0.05, 0) is 67.7 Å². The molecule has 0 amide bonds. The van der Waals surface area contributed by atoms with E-state index in [-0.39, 0.29) is 5.41 Å². The van der Waals surface area contributed by atoms with Crippen molar-refractivity contribution in [1.82, 2.24) is 4.57 Å². The third-order valence-corrected chi connectivity index (χ3v) is 9.57. The minimum Gasteiger partial charge on any atom is -0.309 e. The Hall–Kier alpha value is -5.14. The zero-order chi connectivity index (χ0) is 28.0. The van der Waals surface area contributed by atoms with Crippen LogP contribution < -0.4 is 0 Å². The van der Waals surface area contributed by atoms with Gasteiger partial charge in [-0.25, -0.2) is 0 Å². The summed E-state index contributed by atoms with van der Waals surface area (Å²) in [6.07, 6.45) is 0. The van der Waals surface area contributed by atoms with Crippen molar-refractivity contribution in [3.8, 4) is 27.9 Å². The van der Waals surface area contributed by atoms with Gasteiger partial charge in [0.1, 0.15) is 0 Å². The molecular weight excluding hydrogens is 506 g/mol. The Balaban J connectivity index is 1.38. The highest BCUT2D eigenvalue weighted by Crippen LogP contribution is 2.52. The molecule has 0 bridgehead atoms. The lowest BCUT2D eigenvalue weighted by molar-refractivity contribution is 0.660.